The zero-order valence-electron chi connectivity index (χ0n) is 30.1. The molecule has 6 aromatic carbocycles. The topological polar surface area (TPSA) is 6.48 Å². The Morgan fingerprint density at radius 1 is 0.412 bits per heavy atom. The highest BCUT2D eigenvalue weighted by molar-refractivity contribution is 5.86. The van der Waals surface area contributed by atoms with Gasteiger partial charge in [0.1, 0.15) is 0 Å². The molecule has 0 spiro atoms. The highest BCUT2D eigenvalue weighted by Crippen LogP contribution is 2.66. The fourth-order valence-electron chi connectivity index (χ4n) is 11.1. The first kappa shape index (κ1) is 29.6. The first-order chi connectivity index (χ1) is 24.7. The molecule has 0 radical (unpaired) electrons. The molecule has 2 fully saturated rings. The second-order valence-electron chi connectivity index (χ2n) is 16.9. The van der Waals surface area contributed by atoms with Crippen molar-refractivity contribution >= 4 is 22.7 Å². The molecule has 0 saturated heterocycles. The molecule has 4 unspecified atom stereocenters. The van der Waals surface area contributed by atoms with Gasteiger partial charge in [-0.3, -0.25) is 0 Å². The Morgan fingerprint density at radius 3 is 1.20 bits per heavy atom. The lowest BCUT2D eigenvalue weighted by Gasteiger charge is -2.56. The van der Waals surface area contributed by atoms with Crippen molar-refractivity contribution in [1.82, 2.24) is 0 Å². The van der Waals surface area contributed by atoms with Crippen LogP contribution < -0.4 is 9.80 Å². The molecular formula is C49H44N2. The normalized spacial score (nSPS) is 27.5. The molecule has 0 aromatic heterocycles. The zero-order valence-corrected chi connectivity index (χ0v) is 30.1. The van der Waals surface area contributed by atoms with Crippen molar-refractivity contribution in [3.63, 3.8) is 0 Å². The van der Waals surface area contributed by atoms with Gasteiger partial charge in [-0.1, -0.05) is 98.8 Å². The predicted octanol–water partition coefficient (Wildman–Crippen LogP) is 12.5. The molecule has 5 aliphatic rings. The molecule has 51 heavy (non-hydrogen) atoms. The molecule has 4 atom stereocenters. The van der Waals surface area contributed by atoms with Crippen LogP contribution in [-0.2, 0) is 17.3 Å². The SMILES string of the molecule is CC12CCC1(C)N(c1ccccc1)c1ccc(-c3ccc4c(c3)Cc3cc(-c5ccc6c(c5)C5(C)CCC5(C)N6c5ccccc5)ccc3-4)cc12. The zero-order chi connectivity index (χ0) is 34.3. The minimum atomic E-state index is 0.113. The predicted molar refractivity (Wildman–Crippen MR) is 213 cm³/mol. The molecule has 11 rings (SSSR count). The van der Waals surface area contributed by atoms with Crippen molar-refractivity contribution in [3.8, 4) is 33.4 Å². The van der Waals surface area contributed by atoms with Gasteiger partial charge in [-0.25, -0.2) is 0 Å². The van der Waals surface area contributed by atoms with Crippen LogP contribution in [0.3, 0.4) is 0 Å². The first-order valence-corrected chi connectivity index (χ1v) is 19.0. The minimum Gasteiger partial charge on any atom is -0.334 e. The summed E-state index contributed by atoms with van der Waals surface area (Å²) < 4.78 is 0. The highest BCUT2D eigenvalue weighted by atomic mass is 15.3. The van der Waals surface area contributed by atoms with E-state index in [2.05, 4.69) is 171 Å². The summed E-state index contributed by atoms with van der Waals surface area (Å²) in [5, 5.41) is 0. The Labute approximate surface area is 302 Å². The van der Waals surface area contributed by atoms with Crippen LogP contribution in [0, 0.1) is 0 Å². The number of benzene rings is 6. The number of hydrogen-bond donors (Lipinski definition) is 0. The van der Waals surface area contributed by atoms with Gasteiger partial charge < -0.3 is 9.80 Å². The largest absolute Gasteiger partial charge is 0.334 e. The molecule has 6 aromatic rings. The maximum Gasteiger partial charge on any atom is 0.0518 e. The number of para-hydroxylation sites is 2. The number of anilines is 4. The Balaban J connectivity index is 0.916. The lowest BCUT2D eigenvalue weighted by molar-refractivity contribution is 0.133. The van der Waals surface area contributed by atoms with Gasteiger partial charge in [0.25, 0.3) is 0 Å². The van der Waals surface area contributed by atoms with E-state index in [9.17, 15) is 0 Å². The van der Waals surface area contributed by atoms with Crippen LogP contribution in [0.2, 0.25) is 0 Å². The van der Waals surface area contributed by atoms with Crippen LogP contribution in [0.15, 0.2) is 133 Å². The Hall–Kier alpha value is -5.08. The standard InChI is InChI=1S/C49H44N2/c1-46-23-25-48(46,3)50(38-11-7-5-8-12-38)44-21-17-34(30-42(44)46)32-15-19-40-36(27-32)29-37-28-33(16-20-41(37)40)35-18-22-45-43(31-35)47(2)24-26-49(47,4)51(45)39-13-9-6-10-14-39/h5-22,27-28,30-31H,23-26,29H2,1-4H3. The summed E-state index contributed by atoms with van der Waals surface area (Å²) in [6.45, 7) is 9.92. The average molecular weight is 661 g/mol. The molecule has 2 heteroatoms. The Kier molecular flexibility index (Phi) is 5.71. The lowest BCUT2D eigenvalue weighted by atomic mass is 9.55. The second kappa shape index (κ2) is 9.82. The van der Waals surface area contributed by atoms with Gasteiger partial charge in [0.15, 0.2) is 0 Å². The summed E-state index contributed by atoms with van der Waals surface area (Å²) >= 11 is 0. The molecule has 0 amide bonds. The van der Waals surface area contributed by atoms with E-state index >= 15 is 0 Å². The van der Waals surface area contributed by atoms with E-state index in [1.165, 1.54) is 104 Å². The smallest absolute Gasteiger partial charge is 0.0518 e. The summed E-state index contributed by atoms with van der Waals surface area (Å²) in [5.74, 6) is 0. The van der Waals surface area contributed by atoms with Gasteiger partial charge in [-0.15, -0.1) is 0 Å². The second-order valence-corrected chi connectivity index (χ2v) is 16.9. The maximum absolute atomic E-state index is 2.62. The maximum atomic E-state index is 2.62. The van der Waals surface area contributed by atoms with Crippen LogP contribution in [0.5, 0.6) is 0 Å². The van der Waals surface area contributed by atoms with Crippen LogP contribution in [0.1, 0.15) is 75.6 Å². The quantitative estimate of drug-likeness (QED) is 0.185. The van der Waals surface area contributed by atoms with Crippen molar-refractivity contribution in [2.24, 2.45) is 0 Å². The molecule has 2 heterocycles. The minimum absolute atomic E-state index is 0.113. The summed E-state index contributed by atoms with van der Waals surface area (Å²) in [6, 6.07) is 50.9. The van der Waals surface area contributed by atoms with Crippen molar-refractivity contribution < 1.29 is 0 Å². The van der Waals surface area contributed by atoms with E-state index in [-0.39, 0.29) is 21.9 Å². The number of hydrogen-bond acceptors (Lipinski definition) is 2. The molecule has 2 aliphatic heterocycles. The number of fused-ring (bicyclic) bond motifs is 9. The van der Waals surface area contributed by atoms with Gasteiger partial charge in [-0.05, 0) is 150 Å². The van der Waals surface area contributed by atoms with E-state index in [0.29, 0.717) is 0 Å². The number of rotatable bonds is 4. The highest BCUT2D eigenvalue weighted by Gasteiger charge is 2.64. The van der Waals surface area contributed by atoms with E-state index in [0.717, 1.165) is 6.42 Å². The van der Waals surface area contributed by atoms with Crippen molar-refractivity contribution in [1.29, 1.82) is 0 Å². The summed E-state index contributed by atoms with van der Waals surface area (Å²) in [7, 11) is 0. The van der Waals surface area contributed by atoms with Crippen LogP contribution >= 0.6 is 0 Å². The van der Waals surface area contributed by atoms with E-state index < -0.39 is 0 Å². The van der Waals surface area contributed by atoms with Gasteiger partial charge in [0.2, 0.25) is 0 Å². The molecule has 0 bridgehead atoms. The molecule has 0 N–H and O–H groups in total. The van der Waals surface area contributed by atoms with Gasteiger partial charge in [-0.2, -0.15) is 0 Å². The van der Waals surface area contributed by atoms with E-state index in [1.54, 1.807) is 0 Å². The summed E-state index contributed by atoms with van der Waals surface area (Å²) in [6.07, 6.45) is 5.89. The molecule has 2 saturated carbocycles. The summed E-state index contributed by atoms with van der Waals surface area (Å²) in [4.78, 5) is 5.25. The third-order valence-electron chi connectivity index (χ3n) is 14.8. The lowest BCUT2D eigenvalue weighted by Crippen LogP contribution is -2.60. The van der Waals surface area contributed by atoms with Gasteiger partial charge >= 0.3 is 0 Å². The molecular weight excluding hydrogens is 617 g/mol. The van der Waals surface area contributed by atoms with Gasteiger partial charge in [0.05, 0.1) is 11.1 Å². The first-order valence-electron chi connectivity index (χ1n) is 19.0. The van der Waals surface area contributed by atoms with Gasteiger partial charge in [0, 0.05) is 33.6 Å². The van der Waals surface area contributed by atoms with Crippen LogP contribution in [0.25, 0.3) is 33.4 Å². The Morgan fingerprint density at radius 2 is 0.804 bits per heavy atom. The molecule has 250 valence electrons. The third kappa shape index (κ3) is 3.63. The van der Waals surface area contributed by atoms with Crippen LogP contribution in [0.4, 0.5) is 22.7 Å². The third-order valence-corrected chi connectivity index (χ3v) is 14.8. The van der Waals surface area contributed by atoms with E-state index in [4.69, 9.17) is 0 Å². The number of nitrogens with zero attached hydrogens (tertiary/aromatic N) is 2. The fraction of sp³-hybridized carbons (Fsp3) is 0.265. The Bertz CT molecular complexity index is 2260. The molecule has 3 aliphatic carbocycles. The van der Waals surface area contributed by atoms with Crippen molar-refractivity contribution in [3.05, 3.63) is 156 Å². The van der Waals surface area contributed by atoms with Crippen molar-refractivity contribution in [2.75, 3.05) is 9.80 Å². The molecule has 2 nitrogen and oxygen atoms in total. The van der Waals surface area contributed by atoms with Crippen molar-refractivity contribution in [2.45, 2.75) is 81.7 Å². The summed E-state index contributed by atoms with van der Waals surface area (Å²) in [5.41, 5.74) is 19.9. The van der Waals surface area contributed by atoms with E-state index in [1.807, 2.05) is 0 Å². The fourth-order valence-corrected chi connectivity index (χ4v) is 11.1. The average Bonchev–Trinajstić information content (AvgIpc) is 3.64. The monoisotopic (exact) mass is 660 g/mol. The van der Waals surface area contributed by atoms with Crippen LogP contribution in [-0.4, -0.2) is 11.1 Å².